The number of nitrogens with zero attached hydrogens (tertiary/aromatic N) is 1. The van der Waals surface area contributed by atoms with E-state index < -0.39 is 5.91 Å². The highest BCUT2D eigenvalue weighted by atomic mass is 35.5. The molecule has 0 heterocycles. The number of hydrogen-bond donors (Lipinski definition) is 2. The van der Waals surface area contributed by atoms with E-state index in [-0.39, 0.29) is 29.3 Å². The van der Waals surface area contributed by atoms with Gasteiger partial charge in [0, 0.05) is 6.54 Å². The summed E-state index contributed by atoms with van der Waals surface area (Å²) < 4.78 is 0. The van der Waals surface area contributed by atoms with Crippen LogP contribution in [0.15, 0.2) is 18.2 Å². The van der Waals surface area contributed by atoms with Crippen LogP contribution in [0.3, 0.4) is 0 Å². The second-order valence-corrected chi connectivity index (χ2v) is 3.24. The van der Waals surface area contributed by atoms with E-state index in [0.29, 0.717) is 0 Å². The molecule has 0 aromatic heterocycles. The molecule has 0 fully saturated rings. The van der Waals surface area contributed by atoms with Crippen molar-refractivity contribution in [2.24, 2.45) is 0 Å². The Labute approximate surface area is 92.1 Å². The van der Waals surface area contributed by atoms with E-state index in [0.717, 1.165) is 0 Å². The molecule has 0 spiro atoms. The molecule has 5 heteroatoms. The number of nitriles is 1. The zero-order chi connectivity index (χ0) is 11.3. The molecule has 4 nitrogen and oxygen atoms in total. The fraction of sp³-hybridized carbons (Fsp3) is 0.200. The van der Waals surface area contributed by atoms with Gasteiger partial charge in [0.15, 0.2) is 0 Å². The number of nitrogens with one attached hydrogen (secondary N) is 1. The number of phenolic OH excluding ortho intramolecular Hbond substituents is 1. The Bertz CT molecular complexity index is 412. The third-order valence-corrected chi connectivity index (χ3v) is 2.05. The Kier molecular flexibility index (Phi) is 3.95. The third kappa shape index (κ3) is 3.15. The van der Waals surface area contributed by atoms with E-state index in [2.05, 4.69) is 5.32 Å². The number of hydrogen-bond acceptors (Lipinski definition) is 3. The molecule has 0 aliphatic rings. The summed E-state index contributed by atoms with van der Waals surface area (Å²) in [6, 6.07) is 6.02. The number of carbonyl (C=O) groups excluding carboxylic acids is 1. The van der Waals surface area contributed by atoms with Gasteiger partial charge >= 0.3 is 0 Å². The van der Waals surface area contributed by atoms with Gasteiger partial charge in [-0.3, -0.25) is 4.79 Å². The predicted octanol–water partition coefficient (Wildman–Crippen LogP) is 1.69. The quantitative estimate of drug-likeness (QED) is 0.768. The van der Waals surface area contributed by atoms with Crippen molar-refractivity contribution in [3.63, 3.8) is 0 Å². The molecule has 0 saturated carbocycles. The van der Waals surface area contributed by atoms with Gasteiger partial charge in [-0.1, -0.05) is 11.6 Å². The van der Waals surface area contributed by atoms with Crippen molar-refractivity contribution in [3.8, 4) is 11.8 Å². The second-order valence-electron chi connectivity index (χ2n) is 2.83. The monoisotopic (exact) mass is 224 g/mol. The minimum Gasteiger partial charge on any atom is -0.508 e. The van der Waals surface area contributed by atoms with E-state index in [1.54, 1.807) is 0 Å². The summed E-state index contributed by atoms with van der Waals surface area (Å²) in [6.45, 7) is 0.265. The SMILES string of the molecule is N#CCCNC(=O)c1cc(O)ccc1Cl. The first-order chi connectivity index (χ1) is 7.15. The first-order valence-electron chi connectivity index (χ1n) is 4.29. The molecule has 0 atom stereocenters. The van der Waals surface area contributed by atoms with Gasteiger partial charge < -0.3 is 10.4 Å². The topological polar surface area (TPSA) is 73.1 Å². The van der Waals surface area contributed by atoms with Crippen molar-refractivity contribution in [1.29, 1.82) is 5.26 Å². The molecule has 1 aromatic carbocycles. The van der Waals surface area contributed by atoms with Gasteiger partial charge in [-0.15, -0.1) is 0 Å². The van der Waals surface area contributed by atoms with Gasteiger partial charge in [0.2, 0.25) is 0 Å². The van der Waals surface area contributed by atoms with E-state index in [9.17, 15) is 4.79 Å². The maximum atomic E-state index is 11.5. The molecule has 1 amide bonds. The molecule has 0 bridgehead atoms. The number of halogens is 1. The van der Waals surface area contributed by atoms with Crippen LogP contribution in [-0.2, 0) is 0 Å². The summed E-state index contributed by atoms with van der Waals surface area (Å²) in [7, 11) is 0. The summed E-state index contributed by atoms with van der Waals surface area (Å²) >= 11 is 5.77. The Morgan fingerprint density at radius 3 is 3.00 bits per heavy atom. The molecule has 0 radical (unpaired) electrons. The number of amides is 1. The lowest BCUT2D eigenvalue weighted by atomic mass is 10.2. The van der Waals surface area contributed by atoms with Gasteiger partial charge in [0.25, 0.3) is 5.91 Å². The fourth-order valence-electron chi connectivity index (χ4n) is 1.01. The Morgan fingerprint density at radius 1 is 1.60 bits per heavy atom. The molecule has 0 aliphatic heterocycles. The van der Waals surface area contributed by atoms with Crippen molar-refractivity contribution in [3.05, 3.63) is 28.8 Å². The van der Waals surface area contributed by atoms with Gasteiger partial charge in [0.1, 0.15) is 5.75 Å². The van der Waals surface area contributed by atoms with Gasteiger partial charge in [-0.2, -0.15) is 5.26 Å². The highest BCUT2D eigenvalue weighted by Gasteiger charge is 2.10. The third-order valence-electron chi connectivity index (χ3n) is 1.72. The number of benzene rings is 1. The molecule has 15 heavy (non-hydrogen) atoms. The van der Waals surface area contributed by atoms with Crippen molar-refractivity contribution < 1.29 is 9.90 Å². The standard InChI is InChI=1S/C10H9ClN2O2/c11-9-3-2-7(14)6-8(9)10(15)13-5-1-4-12/h2-3,6,14H,1,5H2,(H,13,15). The van der Waals surface area contributed by atoms with Crippen LogP contribution in [0.1, 0.15) is 16.8 Å². The van der Waals surface area contributed by atoms with Gasteiger partial charge in [-0.05, 0) is 18.2 Å². The summed E-state index contributed by atoms with van der Waals surface area (Å²) in [5, 5.41) is 20.2. The van der Waals surface area contributed by atoms with Gasteiger partial charge in [-0.25, -0.2) is 0 Å². The van der Waals surface area contributed by atoms with E-state index in [1.807, 2.05) is 6.07 Å². The van der Waals surface area contributed by atoms with Crippen molar-refractivity contribution in [1.82, 2.24) is 5.32 Å². The molecule has 0 unspecified atom stereocenters. The smallest absolute Gasteiger partial charge is 0.252 e. The van der Waals surface area contributed by atoms with Crippen LogP contribution < -0.4 is 5.32 Å². The minimum absolute atomic E-state index is 0.0233. The summed E-state index contributed by atoms with van der Waals surface area (Å²) in [5.41, 5.74) is 0.203. The van der Waals surface area contributed by atoms with Crippen LogP contribution in [0.25, 0.3) is 0 Å². The number of aromatic hydroxyl groups is 1. The normalized spacial score (nSPS) is 9.33. The van der Waals surface area contributed by atoms with Crippen LogP contribution in [0.5, 0.6) is 5.75 Å². The summed E-state index contributed by atoms with van der Waals surface area (Å²) in [5.74, 6) is -0.420. The van der Waals surface area contributed by atoms with Crippen LogP contribution >= 0.6 is 11.6 Å². The lowest BCUT2D eigenvalue weighted by Gasteiger charge is -2.05. The van der Waals surface area contributed by atoms with E-state index >= 15 is 0 Å². The fourth-order valence-corrected chi connectivity index (χ4v) is 1.22. The van der Waals surface area contributed by atoms with E-state index in [4.69, 9.17) is 22.0 Å². The zero-order valence-electron chi connectivity index (χ0n) is 7.83. The number of phenols is 1. The summed E-state index contributed by atoms with van der Waals surface area (Å²) in [4.78, 5) is 11.5. The summed E-state index contributed by atoms with van der Waals surface area (Å²) in [6.07, 6.45) is 0.238. The molecule has 2 N–H and O–H groups in total. The molecular formula is C10H9ClN2O2. The predicted molar refractivity (Wildman–Crippen MR) is 55.7 cm³/mol. The molecule has 78 valence electrons. The van der Waals surface area contributed by atoms with Crippen LogP contribution in [0, 0.1) is 11.3 Å². The molecular weight excluding hydrogens is 216 g/mol. The first kappa shape index (κ1) is 11.3. The molecule has 0 aliphatic carbocycles. The number of rotatable bonds is 3. The highest BCUT2D eigenvalue weighted by molar-refractivity contribution is 6.33. The molecule has 0 saturated heterocycles. The average Bonchev–Trinajstić information content (AvgIpc) is 2.22. The van der Waals surface area contributed by atoms with Crippen LogP contribution in [-0.4, -0.2) is 17.6 Å². The van der Waals surface area contributed by atoms with Crippen LogP contribution in [0.4, 0.5) is 0 Å². The van der Waals surface area contributed by atoms with Crippen molar-refractivity contribution in [2.45, 2.75) is 6.42 Å². The second kappa shape index (κ2) is 5.23. The molecule has 1 rings (SSSR count). The lowest BCUT2D eigenvalue weighted by molar-refractivity contribution is 0.0954. The average molecular weight is 225 g/mol. The highest BCUT2D eigenvalue weighted by Crippen LogP contribution is 2.20. The van der Waals surface area contributed by atoms with E-state index in [1.165, 1.54) is 18.2 Å². The minimum atomic E-state index is -0.397. The first-order valence-corrected chi connectivity index (χ1v) is 4.66. The largest absolute Gasteiger partial charge is 0.508 e. The maximum absolute atomic E-state index is 11.5. The zero-order valence-corrected chi connectivity index (χ0v) is 8.58. The Morgan fingerprint density at radius 2 is 2.33 bits per heavy atom. The van der Waals surface area contributed by atoms with Gasteiger partial charge in [0.05, 0.1) is 23.1 Å². The lowest BCUT2D eigenvalue weighted by Crippen LogP contribution is -2.24. The van der Waals surface area contributed by atoms with Crippen molar-refractivity contribution in [2.75, 3.05) is 6.54 Å². The Balaban J connectivity index is 2.73. The van der Waals surface area contributed by atoms with Crippen molar-refractivity contribution >= 4 is 17.5 Å². The molecule has 1 aromatic rings. The van der Waals surface area contributed by atoms with Crippen LogP contribution in [0.2, 0.25) is 5.02 Å². The number of carbonyl (C=O) groups is 1. The Hall–Kier alpha value is -1.73. The maximum Gasteiger partial charge on any atom is 0.252 e.